The maximum absolute atomic E-state index is 8.10. The summed E-state index contributed by atoms with van der Waals surface area (Å²) in [5.74, 6) is -3.16. The van der Waals surface area contributed by atoms with Crippen LogP contribution in [0.2, 0.25) is 0 Å². The average Bonchev–Trinajstić information content (AvgIpc) is 2.94. The zero-order valence-electron chi connectivity index (χ0n) is 21.7. The molecule has 3 heteroatoms. The first-order valence-corrected chi connectivity index (χ1v) is 18.7. The molecule has 0 aliphatic rings. The first-order valence-electron chi connectivity index (χ1n) is 13.8. The first kappa shape index (κ1) is 29.4. The third-order valence-corrected chi connectivity index (χ3v) is 15.2. The zero-order chi connectivity index (χ0) is 25.4. The van der Waals surface area contributed by atoms with Gasteiger partial charge in [-0.2, -0.15) is 0 Å². The van der Waals surface area contributed by atoms with Gasteiger partial charge in [-0.3, -0.25) is 0 Å². The van der Waals surface area contributed by atoms with Crippen molar-refractivity contribution in [1.82, 2.24) is 0 Å². The van der Waals surface area contributed by atoms with E-state index in [0.29, 0.717) is 0 Å². The zero-order valence-corrected chi connectivity index (χ0v) is 25.5. The fourth-order valence-electron chi connectivity index (χ4n) is 5.14. The fraction of sp³-hybridized carbons (Fsp3) is 0.394. The second-order valence-electron chi connectivity index (χ2n) is 9.86. The van der Waals surface area contributed by atoms with Crippen LogP contribution < -0.4 is 15.9 Å². The van der Waals surface area contributed by atoms with Crippen molar-refractivity contribution in [3.8, 4) is 0 Å². The Bertz CT molecular complexity index is 904. The van der Waals surface area contributed by atoms with Crippen molar-refractivity contribution in [3.05, 3.63) is 103 Å². The molecule has 0 nitrogen and oxygen atoms in total. The second kappa shape index (κ2) is 16.0. The number of unbranched alkanes of at least 4 members (excludes halogenated alkanes) is 10. The van der Waals surface area contributed by atoms with Gasteiger partial charge in [0, 0.05) is 0 Å². The molecule has 0 aliphatic heterocycles. The third kappa shape index (κ3) is 7.92. The first-order chi connectivity index (χ1) is 17.7. The molecule has 0 saturated carbocycles. The number of alkyl halides is 1. The molecular formula is C33H43ClIP. The van der Waals surface area contributed by atoms with E-state index in [0.717, 1.165) is 12.6 Å². The number of halogens is 2. The maximum atomic E-state index is 8.10. The van der Waals surface area contributed by atoms with E-state index >= 15 is 0 Å². The van der Waals surface area contributed by atoms with Crippen LogP contribution >= 0.6 is 39.8 Å². The van der Waals surface area contributed by atoms with E-state index in [1.54, 1.807) is 0 Å². The van der Waals surface area contributed by atoms with Crippen LogP contribution in [-0.2, 0) is 0 Å². The Morgan fingerprint density at radius 3 is 1.25 bits per heavy atom. The Kier molecular flexibility index (Phi) is 13.0. The standard InChI is InChI=1S/C33H43ClIP/c34-36(31-23-15-12-16-24-31,32-25-17-13-18-26-32,33-27-19-14-20-28-33)30-22-11-9-7-5-3-1-2-4-6-8-10-21-29-35/h11-20,22-28H,1-10,21,29-30H2. The van der Waals surface area contributed by atoms with E-state index in [4.69, 9.17) is 11.2 Å². The monoisotopic (exact) mass is 632 g/mol. The molecule has 0 heterocycles. The Morgan fingerprint density at radius 2 is 0.861 bits per heavy atom. The van der Waals surface area contributed by atoms with Crippen molar-refractivity contribution in [1.29, 1.82) is 0 Å². The van der Waals surface area contributed by atoms with E-state index in [-0.39, 0.29) is 0 Å². The Balaban J connectivity index is 1.61. The van der Waals surface area contributed by atoms with Crippen LogP contribution in [0.5, 0.6) is 0 Å². The minimum absolute atomic E-state index is 0.836. The normalized spacial score (nSPS) is 13.0. The van der Waals surface area contributed by atoms with E-state index < -0.39 is 5.96 Å². The quantitative estimate of drug-likeness (QED) is 0.0457. The molecule has 3 aromatic rings. The van der Waals surface area contributed by atoms with Gasteiger partial charge >= 0.3 is 200 Å². The van der Waals surface area contributed by atoms with Crippen LogP contribution in [0, 0.1) is 0 Å². The fourth-order valence-corrected chi connectivity index (χ4v) is 11.4. The second-order valence-corrected chi connectivity index (χ2v) is 17.5. The molecule has 0 aliphatic carbocycles. The van der Waals surface area contributed by atoms with Crippen LogP contribution in [0.1, 0.15) is 70.6 Å². The SMILES string of the molecule is ClP(CC=CCCCCCCCCCCCCI)(c1ccccc1)(c1ccccc1)c1ccccc1. The van der Waals surface area contributed by atoms with Gasteiger partial charge in [-0.15, -0.1) is 0 Å². The summed E-state index contributed by atoms with van der Waals surface area (Å²) in [7, 11) is 0. The van der Waals surface area contributed by atoms with E-state index in [1.165, 1.54) is 84.5 Å². The van der Waals surface area contributed by atoms with Crippen LogP contribution in [0.25, 0.3) is 0 Å². The molecule has 0 unspecified atom stereocenters. The molecule has 3 rings (SSSR count). The van der Waals surface area contributed by atoms with Crippen molar-refractivity contribution in [2.45, 2.75) is 70.6 Å². The topological polar surface area (TPSA) is 0 Å². The van der Waals surface area contributed by atoms with Crippen molar-refractivity contribution < 1.29 is 0 Å². The predicted octanol–water partition coefficient (Wildman–Crippen LogP) is 9.95. The molecule has 0 spiro atoms. The summed E-state index contributed by atoms with van der Waals surface area (Å²) in [6.07, 6.45) is 20.6. The molecule has 0 atom stereocenters. The Labute approximate surface area is 238 Å². The van der Waals surface area contributed by atoms with Gasteiger partial charge in [-0.1, -0.05) is 29.0 Å². The molecular weight excluding hydrogens is 590 g/mol. The summed E-state index contributed by atoms with van der Waals surface area (Å²) in [6.45, 7) is 0. The van der Waals surface area contributed by atoms with Crippen LogP contribution in [0.4, 0.5) is 0 Å². The molecule has 0 fully saturated rings. The number of hydrogen-bond acceptors (Lipinski definition) is 0. The molecule has 3 aromatic carbocycles. The van der Waals surface area contributed by atoms with Crippen molar-refractivity contribution >= 4 is 55.7 Å². The van der Waals surface area contributed by atoms with E-state index in [1.807, 2.05) is 0 Å². The summed E-state index contributed by atoms with van der Waals surface area (Å²) in [4.78, 5) is 0. The Morgan fingerprint density at radius 1 is 0.500 bits per heavy atom. The summed E-state index contributed by atoms with van der Waals surface area (Å²) in [5.41, 5.74) is 0. The molecule has 0 amide bonds. The number of rotatable bonds is 17. The van der Waals surface area contributed by atoms with E-state index in [9.17, 15) is 0 Å². The molecule has 0 saturated heterocycles. The van der Waals surface area contributed by atoms with Gasteiger partial charge in [0.05, 0.1) is 0 Å². The molecule has 0 radical (unpaired) electrons. The molecule has 194 valence electrons. The molecule has 0 aromatic heterocycles. The minimum atomic E-state index is -3.16. The number of allylic oxidation sites excluding steroid dienone is 2. The van der Waals surface area contributed by atoms with Crippen LogP contribution in [-0.4, -0.2) is 10.6 Å². The summed E-state index contributed by atoms with van der Waals surface area (Å²) in [6, 6.07) is 32.3. The molecule has 0 N–H and O–H groups in total. The predicted molar refractivity (Wildman–Crippen MR) is 175 cm³/mol. The van der Waals surface area contributed by atoms with Gasteiger partial charge < -0.3 is 0 Å². The van der Waals surface area contributed by atoms with Gasteiger partial charge in [-0.05, 0) is 10.8 Å². The third-order valence-electron chi connectivity index (χ3n) is 7.25. The molecule has 0 bridgehead atoms. The van der Waals surface area contributed by atoms with Gasteiger partial charge in [0.15, 0.2) is 0 Å². The van der Waals surface area contributed by atoms with E-state index in [2.05, 4.69) is 126 Å². The van der Waals surface area contributed by atoms with Crippen molar-refractivity contribution in [2.75, 3.05) is 10.6 Å². The summed E-state index contributed by atoms with van der Waals surface area (Å²) in [5, 5.41) is 3.71. The molecule has 36 heavy (non-hydrogen) atoms. The van der Waals surface area contributed by atoms with Crippen molar-refractivity contribution in [3.63, 3.8) is 0 Å². The van der Waals surface area contributed by atoms with Crippen LogP contribution in [0.15, 0.2) is 103 Å². The summed E-state index contributed by atoms with van der Waals surface area (Å²) < 4.78 is 1.31. The summed E-state index contributed by atoms with van der Waals surface area (Å²) >= 11 is 10.6. The average molecular weight is 633 g/mol. The van der Waals surface area contributed by atoms with Crippen molar-refractivity contribution in [2.24, 2.45) is 0 Å². The van der Waals surface area contributed by atoms with Gasteiger partial charge in [0.25, 0.3) is 0 Å². The Hall–Kier alpha value is -1.15. The number of hydrogen-bond donors (Lipinski definition) is 0. The van der Waals surface area contributed by atoms with Crippen LogP contribution in [0.3, 0.4) is 0 Å². The van der Waals surface area contributed by atoms with Gasteiger partial charge in [0.1, 0.15) is 0 Å². The number of benzene rings is 3. The van der Waals surface area contributed by atoms with Gasteiger partial charge in [0.2, 0.25) is 0 Å². The van der Waals surface area contributed by atoms with Gasteiger partial charge in [-0.25, -0.2) is 0 Å².